The van der Waals surface area contributed by atoms with Gasteiger partial charge in [0.15, 0.2) is 11.9 Å². The third kappa shape index (κ3) is 5.51. The second-order valence-electron chi connectivity index (χ2n) is 8.82. The maximum atomic E-state index is 12.9. The van der Waals surface area contributed by atoms with E-state index >= 15 is 0 Å². The molecule has 2 heterocycles. The van der Waals surface area contributed by atoms with Crippen LogP contribution in [-0.4, -0.2) is 66.9 Å². The largest absolute Gasteiger partial charge is 0.370 e. The number of amides is 1. The van der Waals surface area contributed by atoms with Gasteiger partial charge in [0.2, 0.25) is 0 Å². The van der Waals surface area contributed by atoms with Crippen molar-refractivity contribution in [3.05, 3.63) is 64.2 Å². The van der Waals surface area contributed by atoms with Gasteiger partial charge in [-0.25, -0.2) is 0 Å². The summed E-state index contributed by atoms with van der Waals surface area (Å²) in [6, 6.07) is 11.3. The summed E-state index contributed by atoms with van der Waals surface area (Å²) >= 11 is 6.49. The van der Waals surface area contributed by atoms with Gasteiger partial charge in [-0.3, -0.25) is 15.6 Å². The van der Waals surface area contributed by atoms with E-state index < -0.39 is 0 Å². The third-order valence-electron chi connectivity index (χ3n) is 6.55. The molecule has 0 aromatic heterocycles. The van der Waals surface area contributed by atoms with Crippen molar-refractivity contribution in [3.8, 4) is 0 Å². The number of hydrogen-bond donors (Lipinski definition) is 5. The number of carbonyl (C=O) groups excluding carboxylic acids is 1. The van der Waals surface area contributed by atoms with Crippen molar-refractivity contribution in [2.75, 3.05) is 49.5 Å². The maximum Gasteiger partial charge on any atom is 0.257 e. The van der Waals surface area contributed by atoms with Crippen molar-refractivity contribution in [2.24, 2.45) is 11.5 Å². The van der Waals surface area contributed by atoms with E-state index in [4.69, 9.17) is 33.9 Å². The van der Waals surface area contributed by atoms with E-state index in [1.54, 1.807) is 11.0 Å². The van der Waals surface area contributed by atoms with Gasteiger partial charge in [0.1, 0.15) is 0 Å². The number of nitrogens with one attached hydrogen (secondary N) is 3. The molecule has 2 aliphatic heterocycles. The molecule has 0 unspecified atom stereocenters. The molecule has 0 saturated carbocycles. The third-order valence-corrected chi connectivity index (χ3v) is 6.86. The highest BCUT2D eigenvalue weighted by molar-refractivity contribution is 6.34. The fourth-order valence-corrected chi connectivity index (χ4v) is 4.79. The number of halogens is 1. The summed E-state index contributed by atoms with van der Waals surface area (Å²) in [5.41, 5.74) is 16.5. The summed E-state index contributed by atoms with van der Waals surface area (Å²) < 4.78 is 0. The second kappa shape index (κ2) is 10.3. The Balaban J connectivity index is 1.41. The summed E-state index contributed by atoms with van der Waals surface area (Å²) in [5, 5.41) is 18.5. The molecular formula is C25H31ClN8O. The lowest BCUT2D eigenvalue weighted by Gasteiger charge is -2.37. The van der Waals surface area contributed by atoms with Gasteiger partial charge in [-0.15, -0.1) is 0 Å². The lowest BCUT2D eigenvalue weighted by molar-refractivity contribution is 0.102. The molecule has 2 aliphatic rings. The van der Waals surface area contributed by atoms with Crippen LogP contribution in [0.25, 0.3) is 5.57 Å². The van der Waals surface area contributed by atoms with Crippen LogP contribution in [0.2, 0.25) is 5.02 Å². The predicted octanol–water partition coefficient (Wildman–Crippen LogP) is 2.90. The average molecular weight is 495 g/mol. The Kier molecular flexibility index (Phi) is 7.16. The molecule has 1 amide bonds. The van der Waals surface area contributed by atoms with Crippen LogP contribution in [0.15, 0.2) is 42.5 Å². The summed E-state index contributed by atoms with van der Waals surface area (Å²) in [6.07, 6.45) is 2.80. The molecule has 1 saturated heterocycles. The highest BCUT2D eigenvalue weighted by Crippen LogP contribution is 2.29. The van der Waals surface area contributed by atoms with Crippen molar-refractivity contribution in [1.29, 1.82) is 10.8 Å². The van der Waals surface area contributed by atoms with Gasteiger partial charge in [0, 0.05) is 50.6 Å². The van der Waals surface area contributed by atoms with E-state index in [-0.39, 0.29) is 17.8 Å². The molecule has 9 nitrogen and oxygen atoms in total. The summed E-state index contributed by atoms with van der Waals surface area (Å²) in [5.74, 6) is -0.0745. The zero-order valence-electron chi connectivity index (χ0n) is 19.8. The zero-order valence-corrected chi connectivity index (χ0v) is 20.5. The molecule has 0 atom stereocenters. The van der Waals surface area contributed by atoms with Crippen LogP contribution in [-0.2, 0) is 0 Å². The Bertz CT molecular complexity index is 1190. The van der Waals surface area contributed by atoms with Crippen molar-refractivity contribution in [1.82, 2.24) is 9.80 Å². The number of anilines is 2. The number of rotatable bonds is 4. The van der Waals surface area contributed by atoms with Crippen LogP contribution in [0.5, 0.6) is 0 Å². The first-order chi connectivity index (χ1) is 16.7. The van der Waals surface area contributed by atoms with Crippen molar-refractivity contribution in [3.63, 3.8) is 0 Å². The highest BCUT2D eigenvalue weighted by atomic mass is 35.5. The van der Waals surface area contributed by atoms with Crippen LogP contribution in [0, 0.1) is 17.7 Å². The normalized spacial score (nSPS) is 16.1. The first kappa shape index (κ1) is 24.4. The molecule has 0 aliphatic carbocycles. The minimum Gasteiger partial charge on any atom is -0.370 e. The molecule has 2 aromatic carbocycles. The molecule has 7 N–H and O–H groups in total. The van der Waals surface area contributed by atoms with Gasteiger partial charge in [0.25, 0.3) is 5.91 Å². The lowest BCUT2D eigenvalue weighted by atomic mass is 9.98. The number of carbonyl (C=O) groups is 1. The molecule has 1 fully saturated rings. The summed E-state index contributed by atoms with van der Waals surface area (Å²) in [6.45, 7) is 6.31. The second-order valence-corrected chi connectivity index (χ2v) is 9.23. The Morgan fingerprint density at radius 3 is 2.26 bits per heavy atom. The van der Waals surface area contributed by atoms with E-state index in [0.29, 0.717) is 42.5 Å². The first-order valence-electron chi connectivity index (χ1n) is 11.6. The smallest absolute Gasteiger partial charge is 0.257 e. The topological polar surface area (TPSA) is 139 Å². The van der Waals surface area contributed by atoms with E-state index in [1.807, 2.05) is 48.2 Å². The lowest BCUT2D eigenvalue weighted by Crippen LogP contribution is -2.51. The number of guanidine groups is 2. The average Bonchev–Trinajstić information content (AvgIpc) is 2.84. The first-order valence-corrected chi connectivity index (χ1v) is 11.9. The Labute approximate surface area is 210 Å². The van der Waals surface area contributed by atoms with Gasteiger partial charge in [-0.05, 0) is 60.4 Å². The number of benzene rings is 2. The summed E-state index contributed by atoms with van der Waals surface area (Å²) in [4.78, 5) is 18.9. The molecule has 4 rings (SSSR count). The monoisotopic (exact) mass is 494 g/mol. The summed E-state index contributed by atoms with van der Waals surface area (Å²) in [7, 11) is 0. The van der Waals surface area contributed by atoms with Gasteiger partial charge in [-0.2, -0.15) is 0 Å². The van der Waals surface area contributed by atoms with Crippen molar-refractivity contribution >= 4 is 46.4 Å². The molecular weight excluding hydrogens is 464 g/mol. The van der Waals surface area contributed by atoms with Crippen LogP contribution in [0.3, 0.4) is 0 Å². The molecule has 0 bridgehead atoms. The number of nitrogens with two attached hydrogens (primary N) is 2. The quantitative estimate of drug-likeness (QED) is 0.327. The number of aryl methyl sites for hydroxylation is 1. The minimum atomic E-state index is -0.260. The van der Waals surface area contributed by atoms with E-state index in [9.17, 15) is 4.79 Å². The number of hydrogen-bond acceptors (Lipinski definition) is 4. The Hall–Kier alpha value is -3.72. The maximum absolute atomic E-state index is 12.9. The molecule has 2 aromatic rings. The van der Waals surface area contributed by atoms with Crippen molar-refractivity contribution < 1.29 is 4.79 Å². The van der Waals surface area contributed by atoms with Gasteiger partial charge < -0.3 is 31.5 Å². The fourth-order valence-electron chi connectivity index (χ4n) is 4.52. The molecule has 0 spiro atoms. The molecule has 0 radical (unpaired) electrons. The number of nitrogens with zero attached hydrogens (tertiary/aromatic N) is 3. The standard InChI is InChI=1S/C25H31ClN8O/c1-16-14-19(3-5-22(16)32-10-12-34(13-11-32)25(29)30)31-23(35)20-4-2-18(15-21(20)26)17-6-8-33(9-7-17)24(27)28/h2-6,14-15H,7-13H2,1H3,(H3,27,28)(H3,29,30)(H,31,35). The van der Waals surface area contributed by atoms with E-state index in [2.05, 4.69) is 10.2 Å². The van der Waals surface area contributed by atoms with Gasteiger partial charge in [0.05, 0.1) is 10.6 Å². The molecule has 35 heavy (non-hydrogen) atoms. The zero-order chi connectivity index (χ0) is 25.1. The van der Waals surface area contributed by atoms with Crippen LogP contribution in [0.4, 0.5) is 11.4 Å². The molecule has 10 heteroatoms. The highest BCUT2D eigenvalue weighted by Gasteiger charge is 2.20. The Morgan fingerprint density at radius 1 is 0.971 bits per heavy atom. The van der Waals surface area contributed by atoms with Gasteiger partial charge >= 0.3 is 0 Å². The SMILES string of the molecule is Cc1cc(NC(=O)c2ccc(C3=CCN(C(=N)N)CC3)cc2Cl)ccc1N1CCN(C(=N)N)CC1. The Morgan fingerprint density at radius 2 is 1.69 bits per heavy atom. The minimum absolute atomic E-state index is 0.0733. The van der Waals surface area contributed by atoms with Crippen molar-refractivity contribution in [2.45, 2.75) is 13.3 Å². The van der Waals surface area contributed by atoms with Crippen LogP contribution in [0.1, 0.15) is 27.9 Å². The van der Waals surface area contributed by atoms with E-state index in [0.717, 1.165) is 41.9 Å². The fraction of sp³-hybridized carbons (Fsp3) is 0.320. The van der Waals surface area contributed by atoms with Crippen LogP contribution >= 0.6 is 11.6 Å². The van der Waals surface area contributed by atoms with E-state index in [1.165, 1.54) is 0 Å². The number of piperazine rings is 1. The van der Waals surface area contributed by atoms with Gasteiger partial charge in [-0.1, -0.05) is 23.7 Å². The molecule has 184 valence electrons. The van der Waals surface area contributed by atoms with Crippen LogP contribution < -0.4 is 21.7 Å². The predicted molar refractivity (Wildman–Crippen MR) is 142 cm³/mol.